The first kappa shape index (κ1) is 12.2. The summed E-state index contributed by atoms with van der Waals surface area (Å²) in [5, 5.41) is 3.02. The van der Waals surface area contributed by atoms with Gasteiger partial charge in [-0.1, -0.05) is 0 Å². The molecule has 1 aromatic rings. The molecule has 1 amide bonds. The fraction of sp³-hybridized carbons (Fsp3) is 0.615. The average Bonchev–Trinajstić information content (AvgIpc) is 2.69. The first-order valence-electron chi connectivity index (χ1n) is 6.25. The van der Waals surface area contributed by atoms with E-state index >= 15 is 0 Å². The number of nitrogens with zero attached hydrogens (tertiary/aromatic N) is 2. The zero-order valence-corrected chi connectivity index (χ0v) is 10.9. The molecule has 0 saturated heterocycles. The second kappa shape index (κ2) is 4.92. The molecule has 1 aliphatic heterocycles. The Morgan fingerprint density at radius 1 is 1.47 bits per heavy atom. The zero-order chi connectivity index (χ0) is 12.4. The van der Waals surface area contributed by atoms with Crippen LogP contribution in [0.15, 0.2) is 12.1 Å². The van der Waals surface area contributed by atoms with Crippen LogP contribution in [0, 0.1) is 6.92 Å². The Bertz CT molecular complexity index is 411. The molecule has 4 heteroatoms. The van der Waals surface area contributed by atoms with Gasteiger partial charge in [0.25, 0.3) is 0 Å². The van der Waals surface area contributed by atoms with Crippen LogP contribution in [-0.4, -0.2) is 35.5 Å². The van der Waals surface area contributed by atoms with Gasteiger partial charge in [0, 0.05) is 37.4 Å². The molecular formula is C13H21N3O. The molecule has 1 unspecified atom stereocenters. The SMILES string of the molecule is CNCCC(=O)N1CCn2c(C)ccc2C1C. The van der Waals surface area contributed by atoms with Crippen molar-refractivity contribution in [2.24, 2.45) is 0 Å². The Hall–Kier alpha value is -1.29. The van der Waals surface area contributed by atoms with Crippen molar-refractivity contribution in [2.45, 2.75) is 32.9 Å². The van der Waals surface area contributed by atoms with Crippen LogP contribution in [0.1, 0.15) is 30.8 Å². The number of hydrogen-bond donors (Lipinski definition) is 1. The second-order valence-electron chi connectivity index (χ2n) is 4.67. The van der Waals surface area contributed by atoms with E-state index in [1.54, 1.807) is 0 Å². The number of carbonyl (C=O) groups excluding carboxylic acids is 1. The molecule has 1 aliphatic rings. The number of rotatable bonds is 3. The smallest absolute Gasteiger partial charge is 0.224 e. The number of aryl methyl sites for hydroxylation is 1. The Kier molecular flexibility index (Phi) is 3.52. The highest BCUT2D eigenvalue weighted by Gasteiger charge is 2.27. The molecule has 0 radical (unpaired) electrons. The first-order valence-corrected chi connectivity index (χ1v) is 6.25. The molecule has 4 nitrogen and oxygen atoms in total. The minimum absolute atomic E-state index is 0.196. The van der Waals surface area contributed by atoms with E-state index < -0.39 is 0 Å². The van der Waals surface area contributed by atoms with Crippen LogP contribution in [0.4, 0.5) is 0 Å². The van der Waals surface area contributed by atoms with Crippen molar-refractivity contribution in [3.63, 3.8) is 0 Å². The summed E-state index contributed by atoms with van der Waals surface area (Å²) in [6.07, 6.45) is 0.584. The Labute approximate surface area is 103 Å². The van der Waals surface area contributed by atoms with Crippen LogP contribution in [0.5, 0.6) is 0 Å². The van der Waals surface area contributed by atoms with Gasteiger partial charge in [0.2, 0.25) is 5.91 Å². The molecule has 0 aliphatic carbocycles. The lowest BCUT2D eigenvalue weighted by Crippen LogP contribution is -2.41. The largest absolute Gasteiger partial charge is 0.345 e. The molecule has 1 atom stereocenters. The number of nitrogens with one attached hydrogen (secondary N) is 1. The van der Waals surface area contributed by atoms with E-state index in [1.807, 2.05) is 11.9 Å². The van der Waals surface area contributed by atoms with Crippen LogP contribution >= 0.6 is 0 Å². The lowest BCUT2D eigenvalue weighted by Gasteiger charge is -2.35. The van der Waals surface area contributed by atoms with Gasteiger partial charge < -0.3 is 14.8 Å². The molecule has 1 aromatic heterocycles. The summed E-state index contributed by atoms with van der Waals surface area (Å²) in [5.41, 5.74) is 2.54. The van der Waals surface area contributed by atoms with E-state index in [2.05, 4.69) is 35.9 Å². The topological polar surface area (TPSA) is 37.3 Å². The molecule has 0 fully saturated rings. The molecule has 2 heterocycles. The number of carbonyl (C=O) groups is 1. The van der Waals surface area contributed by atoms with Crippen molar-refractivity contribution < 1.29 is 4.79 Å². The van der Waals surface area contributed by atoms with E-state index in [0.717, 1.165) is 19.6 Å². The summed E-state index contributed by atoms with van der Waals surface area (Å²) in [7, 11) is 1.88. The average molecular weight is 235 g/mol. The van der Waals surface area contributed by atoms with Crippen LogP contribution in [0.25, 0.3) is 0 Å². The van der Waals surface area contributed by atoms with Gasteiger partial charge in [-0.2, -0.15) is 0 Å². The van der Waals surface area contributed by atoms with Crippen molar-refractivity contribution >= 4 is 5.91 Å². The molecule has 1 N–H and O–H groups in total. The number of amides is 1. The van der Waals surface area contributed by atoms with E-state index in [9.17, 15) is 4.79 Å². The number of hydrogen-bond acceptors (Lipinski definition) is 2. The van der Waals surface area contributed by atoms with Gasteiger partial charge in [0.1, 0.15) is 0 Å². The minimum atomic E-state index is 0.196. The molecule has 17 heavy (non-hydrogen) atoms. The second-order valence-corrected chi connectivity index (χ2v) is 4.67. The van der Waals surface area contributed by atoms with Crippen molar-refractivity contribution in [3.05, 3.63) is 23.5 Å². The maximum atomic E-state index is 12.1. The molecule has 2 rings (SSSR count). The van der Waals surface area contributed by atoms with Crippen LogP contribution in [0.3, 0.4) is 0 Å². The highest BCUT2D eigenvalue weighted by atomic mass is 16.2. The summed E-state index contributed by atoms with van der Waals surface area (Å²) in [4.78, 5) is 14.1. The van der Waals surface area contributed by atoms with Gasteiger partial charge >= 0.3 is 0 Å². The quantitative estimate of drug-likeness (QED) is 0.857. The van der Waals surface area contributed by atoms with Crippen LogP contribution < -0.4 is 5.32 Å². The third-order valence-corrected chi connectivity index (χ3v) is 3.60. The van der Waals surface area contributed by atoms with Crippen molar-refractivity contribution in [1.29, 1.82) is 0 Å². The summed E-state index contributed by atoms with van der Waals surface area (Å²) in [6, 6.07) is 4.46. The van der Waals surface area contributed by atoms with Gasteiger partial charge in [-0.15, -0.1) is 0 Å². The Morgan fingerprint density at radius 2 is 2.24 bits per heavy atom. The summed E-state index contributed by atoms with van der Waals surface area (Å²) in [6.45, 7) is 6.73. The summed E-state index contributed by atoms with van der Waals surface area (Å²) in [5.74, 6) is 0.247. The first-order chi connectivity index (χ1) is 8.15. The van der Waals surface area contributed by atoms with Crippen LogP contribution in [0.2, 0.25) is 0 Å². The number of fused-ring (bicyclic) bond motifs is 1. The van der Waals surface area contributed by atoms with Gasteiger partial charge in [-0.05, 0) is 33.0 Å². The Balaban J connectivity index is 2.11. The van der Waals surface area contributed by atoms with Crippen molar-refractivity contribution in [2.75, 3.05) is 20.1 Å². The zero-order valence-electron chi connectivity index (χ0n) is 10.9. The molecule has 0 spiro atoms. The molecule has 94 valence electrons. The summed E-state index contributed by atoms with van der Waals surface area (Å²) < 4.78 is 2.31. The minimum Gasteiger partial charge on any atom is -0.345 e. The fourth-order valence-electron chi connectivity index (χ4n) is 2.54. The third-order valence-electron chi connectivity index (χ3n) is 3.60. The predicted molar refractivity (Wildman–Crippen MR) is 67.8 cm³/mol. The van der Waals surface area contributed by atoms with Gasteiger partial charge in [-0.3, -0.25) is 4.79 Å². The van der Waals surface area contributed by atoms with Crippen molar-refractivity contribution in [1.82, 2.24) is 14.8 Å². The molecular weight excluding hydrogens is 214 g/mol. The maximum absolute atomic E-state index is 12.1. The van der Waals surface area contributed by atoms with Gasteiger partial charge in [0.15, 0.2) is 0 Å². The monoisotopic (exact) mass is 235 g/mol. The van der Waals surface area contributed by atoms with Gasteiger partial charge in [-0.25, -0.2) is 0 Å². The molecule has 0 saturated carbocycles. The van der Waals surface area contributed by atoms with Crippen molar-refractivity contribution in [3.8, 4) is 0 Å². The van der Waals surface area contributed by atoms with E-state index in [4.69, 9.17) is 0 Å². The third kappa shape index (κ3) is 2.22. The van der Waals surface area contributed by atoms with E-state index in [1.165, 1.54) is 11.4 Å². The normalized spacial score (nSPS) is 19.2. The molecule has 0 aromatic carbocycles. The Morgan fingerprint density at radius 3 is 2.94 bits per heavy atom. The lowest BCUT2D eigenvalue weighted by atomic mass is 10.1. The highest BCUT2D eigenvalue weighted by molar-refractivity contribution is 5.77. The molecule has 0 bridgehead atoms. The lowest BCUT2D eigenvalue weighted by molar-refractivity contribution is -0.134. The highest BCUT2D eigenvalue weighted by Crippen LogP contribution is 2.27. The standard InChI is InChI=1S/C13H21N3O/c1-10-4-5-12-11(2)16(9-8-15(10)12)13(17)6-7-14-3/h4-5,11,14H,6-9H2,1-3H3. The fourth-order valence-corrected chi connectivity index (χ4v) is 2.54. The van der Waals surface area contributed by atoms with E-state index in [-0.39, 0.29) is 11.9 Å². The predicted octanol–water partition coefficient (Wildman–Crippen LogP) is 1.31. The van der Waals surface area contributed by atoms with Gasteiger partial charge in [0.05, 0.1) is 6.04 Å². The number of aromatic nitrogens is 1. The summed E-state index contributed by atoms with van der Waals surface area (Å²) >= 11 is 0. The van der Waals surface area contributed by atoms with Crippen LogP contribution in [-0.2, 0) is 11.3 Å². The van der Waals surface area contributed by atoms with E-state index in [0.29, 0.717) is 6.42 Å². The maximum Gasteiger partial charge on any atom is 0.224 e.